The van der Waals surface area contributed by atoms with E-state index in [0.29, 0.717) is 5.56 Å². The molecule has 0 saturated heterocycles. The zero-order valence-corrected chi connectivity index (χ0v) is 14.4. The molecule has 0 unspecified atom stereocenters. The van der Waals surface area contributed by atoms with E-state index in [0.717, 1.165) is 14.6 Å². The van der Waals surface area contributed by atoms with E-state index in [1.165, 1.54) is 35.4 Å². The monoisotopic (exact) mass is 372 g/mol. The standard InChI is InChI=1S/C16H12N4O3S2/c21-15(10-24-16-18-12-6-2-4-8-14(12)25-16)19-17-9-11-5-1-3-7-13(11)20(22)23/h1-9H,10H2,(H,19,21)/b17-9+. The van der Waals surface area contributed by atoms with E-state index in [-0.39, 0.29) is 17.3 Å². The molecule has 0 saturated carbocycles. The van der Waals surface area contributed by atoms with E-state index < -0.39 is 4.92 Å². The summed E-state index contributed by atoms with van der Waals surface area (Å²) in [5, 5.41) is 14.7. The summed E-state index contributed by atoms with van der Waals surface area (Å²) < 4.78 is 1.87. The highest BCUT2D eigenvalue weighted by Gasteiger charge is 2.10. The summed E-state index contributed by atoms with van der Waals surface area (Å²) in [7, 11) is 0. The van der Waals surface area contributed by atoms with Crippen LogP contribution >= 0.6 is 23.1 Å². The summed E-state index contributed by atoms with van der Waals surface area (Å²) in [5.74, 6) is -0.146. The van der Waals surface area contributed by atoms with Crippen LogP contribution in [0.3, 0.4) is 0 Å². The minimum absolute atomic E-state index is 0.0654. The van der Waals surface area contributed by atoms with Crippen molar-refractivity contribution in [1.82, 2.24) is 10.4 Å². The van der Waals surface area contributed by atoms with Gasteiger partial charge in [-0.15, -0.1) is 11.3 Å². The van der Waals surface area contributed by atoms with Crippen molar-refractivity contribution < 1.29 is 9.72 Å². The Kier molecular flexibility index (Phi) is 5.36. The van der Waals surface area contributed by atoms with E-state index in [1.807, 2.05) is 24.3 Å². The van der Waals surface area contributed by atoms with E-state index >= 15 is 0 Å². The summed E-state index contributed by atoms with van der Waals surface area (Å²) in [6.45, 7) is 0. The molecule has 1 heterocycles. The molecule has 0 radical (unpaired) electrons. The maximum absolute atomic E-state index is 11.8. The summed E-state index contributed by atoms with van der Waals surface area (Å²) in [4.78, 5) is 26.7. The molecular weight excluding hydrogens is 360 g/mol. The van der Waals surface area contributed by atoms with Gasteiger partial charge in [-0.3, -0.25) is 14.9 Å². The Morgan fingerprint density at radius 1 is 1.28 bits per heavy atom. The fourth-order valence-electron chi connectivity index (χ4n) is 2.01. The lowest BCUT2D eigenvalue weighted by Gasteiger charge is -1.98. The molecule has 1 N–H and O–H groups in total. The van der Waals surface area contributed by atoms with Gasteiger partial charge < -0.3 is 0 Å². The predicted octanol–water partition coefficient (Wildman–Crippen LogP) is 3.45. The second kappa shape index (κ2) is 7.86. The minimum Gasteiger partial charge on any atom is -0.272 e. The number of hydrazone groups is 1. The van der Waals surface area contributed by atoms with Crippen molar-refractivity contribution in [1.29, 1.82) is 0 Å². The van der Waals surface area contributed by atoms with E-state index in [2.05, 4.69) is 15.5 Å². The van der Waals surface area contributed by atoms with Gasteiger partial charge in [-0.05, 0) is 18.2 Å². The number of nitrogens with zero attached hydrogens (tertiary/aromatic N) is 3. The largest absolute Gasteiger partial charge is 0.278 e. The number of fused-ring (bicyclic) bond motifs is 1. The maximum Gasteiger partial charge on any atom is 0.278 e. The van der Waals surface area contributed by atoms with E-state index in [1.54, 1.807) is 18.2 Å². The first-order chi connectivity index (χ1) is 12.1. The summed E-state index contributed by atoms with van der Waals surface area (Å²) in [5.41, 5.74) is 3.53. The molecule has 3 aromatic rings. The lowest BCUT2D eigenvalue weighted by molar-refractivity contribution is -0.385. The summed E-state index contributed by atoms with van der Waals surface area (Å²) in [6.07, 6.45) is 1.26. The highest BCUT2D eigenvalue weighted by molar-refractivity contribution is 8.01. The van der Waals surface area contributed by atoms with Gasteiger partial charge in [0.25, 0.3) is 11.6 Å². The molecule has 7 nitrogen and oxygen atoms in total. The molecule has 3 rings (SSSR count). The van der Waals surface area contributed by atoms with Crippen LogP contribution < -0.4 is 5.43 Å². The number of thioether (sulfide) groups is 1. The van der Waals surface area contributed by atoms with Crippen molar-refractivity contribution in [3.05, 3.63) is 64.2 Å². The topological polar surface area (TPSA) is 97.5 Å². The van der Waals surface area contributed by atoms with Gasteiger partial charge >= 0.3 is 0 Å². The quantitative estimate of drug-likeness (QED) is 0.309. The Hall–Kier alpha value is -2.78. The fraction of sp³-hybridized carbons (Fsp3) is 0.0625. The second-order valence-electron chi connectivity index (χ2n) is 4.85. The first-order valence-electron chi connectivity index (χ1n) is 7.17. The molecule has 0 bridgehead atoms. The van der Waals surface area contributed by atoms with Crippen LogP contribution in [-0.4, -0.2) is 27.8 Å². The number of hydrogen-bond acceptors (Lipinski definition) is 7. The third-order valence-corrected chi connectivity index (χ3v) is 5.31. The number of nitrogens with one attached hydrogen (secondary N) is 1. The van der Waals surface area contributed by atoms with Gasteiger partial charge in [0.15, 0.2) is 4.34 Å². The molecule has 0 spiro atoms. The first-order valence-corrected chi connectivity index (χ1v) is 8.97. The number of para-hydroxylation sites is 2. The molecule has 9 heteroatoms. The van der Waals surface area contributed by atoms with Crippen molar-refractivity contribution in [2.75, 3.05) is 5.75 Å². The molecule has 0 atom stereocenters. The molecule has 1 aromatic heterocycles. The van der Waals surface area contributed by atoms with Crippen LogP contribution in [0.1, 0.15) is 5.56 Å². The lowest BCUT2D eigenvalue weighted by atomic mass is 10.2. The van der Waals surface area contributed by atoms with Gasteiger partial charge in [0.2, 0.25) is 0 Å². The molecule has 2 aromatic carbocycles. The summed E-state index contributed by atoms with van der Waals surface area (Å²) in [6, 6.07) is 13.9. The number of aromatic nitrogens is 1. The third kappa shape index (κ3) is 4.40. The second-order valence-corrected chi connectivity index (χ2v) is 7.10. The van der Waals surface area contributed by atoms with Crippen molar-refractivity contribution in [3.8, 4) is 0 Å². The Morgan fingerprint density at radius 3 is 2.84 bits per heavy atom. The van der Waals surface area contributed by atoms with Crippen LogP contribution in [0.15, 0.2) is 58.0 Å². The van der Waals surface area contributed by atoms with Crippen molar-refractivity contribution in [2.45, 2.75) is 4.34 Å². The van der Waals surface area contributed by atoms with Crippen LogP contribution in [0, 0.1) is 10.1 Å². The SMILES string of the molecule is O=C(CSc1nc2ccccc2s1)N/N=C/c1ccccc1[N+](=O)[O-]. The number of thiazole rings is 1. The zero-order valence-electron chi connectivity index (χ0n) is 12.8. The van der Waals surface area contributed by atoms with Gasteiger partial charge in [0, 0.05) is 6.07 Å². The Labute approximate surface area is 150 Å². The number of benzene rings is 2. The molecule has 0 aliphatic heterocycles. The minimum atomic E-state index is -0.494. The molecular formula is C16H12N4O3S2. The third-order valence-electron chi connectivity index (χ3n) is 3.13. The highest BCUT2D eigenvalue weighted by Crippen LogP contribution is 2.28. The average Bonchev–Trinajstić information content (AvgIpc) is 3.03. The zero-order chi connectivity index (χ0) is 17.6. The highest BCUT2D eigenvalue weighted by atomic mass is 32.2. The molecule has 126 valence electrons. The van der Waals surface area contributed by atoms with Gasteiger partial charge in [-0.2, -0.15) is 5.10 Å². The predicted molar refractivity (Wildman–Crippen MR) is 99.2 cm³/mol. The number of amides is 1. The number of carbonyl (C=O) groups is 1. The number of hydrogen-bond donors (Lipinski definition) is 1. The molecule has 25 heavy (non-hydrogen) atoms. The van der Waals surface area contributed by atoms with Gasteiger partial charge in [0.05, 0.1) is 32.7 Å². The van der Waals surface area contributed by atoms with Crippen LogP contribution in [-0.2, 0) is 4.79 Å². The number of nitro groups is 1. The maximum atomic E-state index is 11.8. The van der Waals surface area contributed by atoms with Crippen LogP contribution in [0.2, 0.25) is 0 Å². The molecule has 1 amide bonds. The lowest BCUT2D eigenvalue weighted by Crippen LogP contribution is -2.19. The summed E-state index contributed by atoms with van der Waals surface area (Å²) >= 11 is 2.85. The smallest absolute Gasteiger partial charge is 0.272 e. The van der Waals surface area contributed by atoms with Crippen molar-refractivity contribution >= 4 is 51.1 Å². The van der Waals surface area contributed by atoms with E-state index in [9.17, 15) is 14.9 Å². The molecule has 0 aliphatic rings. The molecule has 0 aliphatic carbocycles. The Bertz CT molecular complexity index is 922. The normalized spacial score (nSPS) is 11.0. The van der Waals surface area contributed by atoms with Crippen LogP contribution in [0.25, 0.3) is 10.2 Å². The van der Waals surface area contributed by atoms with E-state index in [4.69, 9.17) is 0 Å². The number of rotatable bonds is 6. The van der Waals surface area contributed by atoms with Crippen LogP contribution in [0.4, 0.5) is 5.69 Å². The Balaban J connectivity index is 1.55. The van der Waals surface area contributed by atoms with Crippen LogP contribution in [0.5, 0.6) is 0 Å². The average molecular weight is 372 g/mol. The van der Waals surface area contributed by atoms with Gasteiger partial charge in [-0.25, -0.2) is 10.4 Å². The number of carbonyl (C=O) groups excluding carboxylic acids is 1. The van der Waals surface area contributed by atoms with Crippen molar-refractivity contribution in [2.24, 2.45) is 5.10 Å². The number of nitro benzene ring substituents is 1. The first kappa shape index (κ1) is 17.1. The van der Waals surface area contributed by atoms with Crippen molar-refractivity contribution in [3.63, 3.8) is 0 Å². The Morgan fingerprint density at radius 2 is 2.04 bits per heavy atom. The van der Waals surface area contributed by atoms with Gasteiger partial charge in [0.1, 0.15) is 0 Å². The van der Waals surface area contributed by atoms with Gasteiger partial charge in [-0.1, -0.05) is 36.0 Å². The fourth-order valence-corrected chi connectivity index (χ4v) is 3.87. The molecule has 0 fully saturated rings.